The van der Waals surface area contributed by atoms with Crippen LogP contribution in [0.4, 0.5) is 0 Å². The molecule has 0 aliphatic carbocycles. The maximum Gasteiger partial charge on any atom is 0.287 e. The van der Waals surface area contributed by atoms with E-state index in [1.165, 1.54) is 5.56 Å². The molecule has 0 radical (unpaired) electrons. The van der Waals surface area contributed by atoms with Crippen LogP contribution in [0.3, 0.4) is 0 Å². The minimum atomic E-state index is -0.122. The SMILES string of the molecule is Cc1ccc2oc(C(=O)NCCCCN3CCN(C)CC3)cc2c1. The summed E-state index contributed by atoms with van der Waals surface area (Å²) in [6.45, 7) is 8.47. The first-order valence-corrected chi connectivity index (χ1v) is 8.81. The summed E-state index contributed by atoms with van der Waals surface area (Å²) in [6.07, 6.45) is 2.11. The monoisotopic (exact) mass is 329 g/mol. The lowest BCUT2D eigenvalue weighted by Gasteiger charge is -2.32. The summed E-state index contributed by atoms with van der Waals surface area (Å²) in [6, 6.07) is 7.76. The van der Waals surface area contributed by atoms with Gasteiger partial charge >= 0.3 is 0 Å². The summed E-state index contributed by atoms with van der Waals surface area (Å²) < 4.78 is 5.62. The number of furan rings is 1. The number of hydrogen-bond donors (Lipinski definition) is 1. The number of piperazine rings is 1. The van der Waals surface area contributed by atoms with Crippen LogP contribution in [0.1, 0.15) is 29.0 Å². The molecular weight excluding hydrogens is 302 g/mol. The highest BCUT2D eigenvalue weighted by Crippen LogP contribution is 2.20. The van der Waals surface area contributed by atoms with E-state index in [1.807, 2.05) is 31.2 Å². The molecular formula is C19H27N3O2. The van der Waals surface area contributed by atoms with Crippen LogP contribution in [0.25, 0.3) is 11.0 Å². The molecule has 3 rings (SSSR count). The topological polar surface area (TPSA) is 48.7 Å². The van der Waals surface area contributed by atoms with Gasteiger partial charge in [0.2, 0.25) is 0 Å². The zero-order chi connectivity index (χ0) is 16.9. The fourth-order valence-corrected chi connectivity index (χ4v) is 3.10. The number of likely N-dealkylation sites (N-methyl/N-ethyl adjacent to an activating group) is 1. The van der Waals surface area contributed by atoms with Gasteiger partial charge in [0, 0.05) is 38.1 Å². The van der Waals surface area contributed by atoms with Gasteiger partial charge in [-0.15, -0.1) is 0 Å². The summed E-state index contributed by atoms with van der Waals surface area (Å²) in [5.74, 6) is 0.276. The molecule has 0 atom stereocenters. The minimum Gasteiger partial charge on any atom is -0.451 e. The third kappa shape index (κ3) is 4.36. The largest absolute Gasteiger partial charge is 0.451 e. The Hall–Kier alpha value is -1.85. The maximum atomic E-state index is 12.2. The molecule has 1 aromatic carbocycles. The fraction of sp³-hybridized carbons (Fsp3) is 0.526. The molecule has 130 valence electrons. The van der Waals surface area contributed by atoms with E-state index in [2.05, 4.69) is 22.2 Å². The molecule has 1 saturated heterocycles. The first kappa shape index (κ1) is 17.0. The van der Waals surface area contributed by atoms with Crippen molar-refractivity contribution >= 4 is 16.9 Å². The number of aryl methyl sites for hydroxylation is 1. The van der Waals surface area contributed by atoms with Crippen molar-refractivity contribution in [2.75, 3.05) is 46.3 Å². The predicted molar refractivity (Wildman–Crippen MR) is 96.5 cm³/mol. The lowest BCUT2D eigenvalue weighted by atomic mass is 10.2. The van der Waals surface area contributed by atoms with Gasteiger partial charge in [-0.1, -0.05) is 11.6 Å². The Balaban J connectivity index is 1.39. The van der Waals surface area contributed by atoms with Gasteiger partial charge in [0.15, 0.2) is 5.76 Å². The van der Waals surface area contributed by atoms with Crippen molar-refractivity contribution < 1.29 is 9.21 Å². The van der Waals surface area contributed by atoms with E-state index in [4.69, 9.17) is 4.42 Å². The van der Waals surface area contributed by atoms with Crippen LogP contribution < -0.4 is 5.32 Å². The van der Waals surface area contributed by atoms with Crippen molar-refractivity contribution in [1.29, 1.82) is 0 Å². The molecule has 2 heterocycles. The van der Waals surface area contributed by atoms with Gasteiger partial charge in [-0.25, -0.2) is 0 Å². The van der Waals surface area contributed by atoms with Gasteiger partial charge in [0.25, 0.3) is 5.91 Å². The average molecular weight is 329 g/mol. The number of fused-ring (bicyclic) bond motifs is 1. The van der Waals surface area contributed by atoms with Gasteiger partial charge in [0.1, 0.15) is 5.58 Å². The Morgan fingerprint density at radius 1 is 1.17 bits per heavy atom. The van der Waals surface area contributed by atoms with Gasteiger partial charge in [0.05, 0.1) is 0 Å². The second kappa shape index (κ2) is 7.81. The number of benzene rings is 1. The zero-order valence-corrected chi connectivity index (χ0v) is 14.7. The highest BCUT2D eigenvalue weighted by atomic mass is 16.3. The van der Waals surface area contributed by atoms with Crippen molar-refractivity contribution in [3.05, 3.63) is 35.6 Å². The Morgan fingerprint density at radius 2 is 1.96 bits per heavy atom. The molecule has 1 amide bonds. The van der Waals surface area contributed by atoms with Crippen molar-refractivity contribution in [2.45, 2.75) is 19.8 Å². The molecule has 2 aromatic rings. The first-order chi connectivity index (χ1) is 11.6. The molecule has 1 aliphatic rings. The number of nitrogens with one attached hydrogen (secondary N) is 1. The summed E-state index contributed by atoms with van der Waals surface area (Å²) in [4.78, 5) is 17.0. The highest BCUT2D eigenvalue weighted by Gasteiger charge is 2.14. The lowest BCUT2D eigenvalue weighted by molar-refractivity contribution is 0.0926. The van der Waals surface area contributed by atoms with E-state index in [1.54, 1.807) is 0 Å². The van der Waals surface area contributed by atoms with Crippen LogP contribution in [0.5, 0.6) is 0 Å². The van der Waals surface area contributed by atoms with Crippen molar-refractivity contribution in [3.63, 3.8) is 0 Å². The van der Waals surface area contributed by atoms with Gasteiger partial charge in [-0.2, -0.15) is 0 Å². The molecule has 0 unspecified atom stereocenters. The van der Waals surface area contributed by atoms with E-state index in [0.717, 1.165) is 56.5 Å². The molecule has 5 nitrogen and oxygen atoms in total. The number of carbonyl (C=O) groups excluding carboxylic acids is 1. The molecule has 24 heavy (non-hydrogen) atoms. The third-order valence-corrected chi connectivity index (χ3v) is 4.68. The van der Waals surface area contributed by atoms with Crippen molar-refractivity contribution in [3.8, 4) is 0 Å². The smallest absolute Gasteiger partial charge is 0.287 e. The Kier molecular flexibility index (Phi) is 5.53. The summed E-state index contributed by atoms with van der Waals surface area (Å²) in [5, 5.41) is 3.94. The predicted octanol–water partition coefficient (Wildman–Crippen LogP) is 2.50. The Bertz CT molecular complexity index is 687. The molecule has 5 heteroatoms. The van der Waals surface area contributed by atoms with Gasteiger partial charge in [-0.05, 0) is 51.6 Å². The Morgan fingerprint density at radius 3 is 2.75 bits per heavy atom. The van der Waals surface area contributed by atoms with Crippen LogP contribution in [0.2, 0.25) is 0 Å². The third-order valence-electron chi connectivity index (χ3n) is 4.68. The minimum absolute atomic E-state index is 0.122. The van der Waals surface area contributed by atoms with E-state index in [-0.39, 0.29) is 5.91 Å². The van der Waals surface area contributed by atoms with E-state index < -0.39 is 0 Å². The quantitative estimate of drug-likeness (QED) is 0.827. The second-order valence-electron chi connectivity index (χ2n) is 6.76. The molecule has 1 aliphatic heterocycles. The fourth-order valence-electron chi connectivity index (χ4n) is 3.10. The van der Waals surface area contributed by atoms with Crippen LogP contribution in [0, 0.1) is 6.92 Å². The standard InChI is InChI=1S/C19H27N3O2/c1-15-5-6-17-16(13-15)14-18(24-17)19(23)20-7-3-4-8-22-11-9-21(2)10-12-22/h5-6,13-14H,3-4,7-12H2,1-2H3,(H,20,23). The summed E-state index contributed by atoms with van der Waals surface area (Å²) >= 11 is 0. The van der Waals surface area contributed by atoms with E-state index in [0.29, 0.717) is 12.3 Å². The van der Waals surface area contributed by atoms with Crippen LogP contribution in [-0.4, -0.2) is 62.0 Å². The molecule has 1 aromatic heterocycles. The molecule has 1 N–H and O–H groups in total. The average Bonchev–Trinajstić information content (AvgIpc) is 2.99. The number of carbonyl (C=O) groups is 1. The van der Waals surface area contributed by atoms with Crippen molar-refractivity contribution in [2.24, 2.45) is 0 Å². The number of amides is 1. The molecule has 0 saturated carbocycles. The number of nitrogens with zero attached hydrogens (tertiary/aromatic N) is 2. The normalized spacial score (nSPS) is 16.6. The van der Waals surface area contributed by atoms with Crippen LogP contribution in [0.15, 0.2) is 28.7 Å². The van der Waals surface area contributed by atoms with Crippen LogP contribution >= 0.6 is 0 Å². The van der Waals surface area contributed by atoms with Gasteiger partial charge in [-0.3, -0.25) is 4.79 Å². The first-order valence-electron chi connectivity index (χ1n) is 8.81. The maximum absolute atomic E-state index is 12.2. The highest BCUT2D eigenvalue weighted by molar-refractivity contribution is 5.96. The summed E-state index contributed by atoms with van der Waals surface area (Å²) in [7, 11) is 2.17. The molecule has 0 spiro atoms. The van der Waals surface area contributed by atoms with Crippen molar-refractivity contribution in [1.82, 2.24) is 15.1 Å². The number of hydrogen-bond acceptors (Lipinski definition) is 4. The zero-order valence-electron chi connectivity index (χ0n) is 14.7. The second-order valence-corrected chi connectivity index (χ2v) is 6.76. The molecule has 1 fully saturated rings. The number of rotatable bonds is 6. The van der Waals surface area contributed by atoms with Crippen LogP contribution in [-0.2, 0) is 0 Å². The Labute approximate surface area is 143 Å². The van der Waals surface area contributed by atoms with E-state index in [9.17, 15) is 4.79 Å². The molecule has 0 bridgehead atoms. The summed E-state index contributed by atoms with van der Waals surface area (Å²) in [5.41, 5.74) is 1.93. The lowest BCUT2D eigenvalue weighted by Crippen LogP contribution is -2.44. The number of unbranched alkanes of at least 4 members (excludes halogenated alkanes) is 1. The van der Waals surface area contributed by atoms with E-state index >= 15 is 0 Å². The van der Waals surface area contributed by atoms with Gasteiger partial charge < -0.3 is 19.5 Å².